The van der Waals surface area contributed by atoms with E-state index in [1.807, 2.05) is 6.07 Å². The molecule has 1 aromatic heterocycles. The Kier molecular flexibility index (Phi) is 9.34. The second kappa shape index (κ2) is 11.3. The minimum Gasteiger partial charge on any atom is -0.354 e. The molecule has 9 heteroatoms. The van der Waals surface area contributed by atoms with E-state index in [9.17, 15) is 9.18 Å². The highest BCUT2D eigenvalue weighted by Crippen LogP contribution is 2.22. The number of halogens is 3. The SMILES string of the molecule is CCn1c(CN2CCCC(CNC(=O)C3CCCN3)C2)nc2cc(F)ccc21.Cl.Cl. The van der Waals surface area contributed by atoms with Crippen molar-refractivity contribution in [1.82, 2.24) is 25.1 Å². The zero-order valence-electron chi connectivity index (χ0n) is 17.4. The summed E-state index contributed by atoms with van der Waals surface area (Å²) in [4.78, 5) is 19.3. The van der Waals surface area contributed by atoms with Crippen molar-refractivity contribution >= 4 is 41.8 Å². The van der Waals surface area contributed by atoms with Gasteiger partial charge in [0.2, 0.25) is 5.91 Å². The number of carbonyl (C=O) groups is 1. The number of carbonyl (C=O) groups excluding carboxylic acids is 1. The molecule has 0 aliphatic carbocycles. The monoisotopic (exact) mass is 459 g/mol. The normalized spacial score (nSPS) is 21.8. The molecular formula is C21H32Cl2FN5O. The first-order chi connectivity index (χ1) is 13.6. The maximum atomic E-state index is 13.6. The lowest BCUT2D eigenvalue weighted by atomic mass is 9.98. The predicted octanol–water partition coefficient (Wildman–Crippen LogP) is 3.12. The number of hydrogen-bond donors (Lipinski definition) is 2. The van der Waals surface area contributed by atoms with Gasteiger partial charge in [-0.15, -0.1) is 24.8 Å². The summed E-state index contributed by atoms with van der Waals surface area (Å²) in [5.41, 5.74) is 1.71. The number of benzene rings is 1. The fourth-order valence-corrected chi connectivity index (χ4v) is 4.56. The van der Waals surface area contributed by atoms with Gasteiger partial charge in [0, 0.05) is 25.7 Å². The number of rotatable bonds is 6. The number of aromatic nitrogens is 2. The number of nitrogens with zero attached hydrogens (tertiary/aromatic N) is 3. The number of aryl methyl sites for hydroxylation is 1. The van der Waals surface area contributed by atoms with Crippen molar-refractivity contribution in [2.75, 3.05) is 26.2 Å². The Labute approximate surface area is 189 Å². The van der Waals surface area contributed by atoms with Crippen molar-refractivity contribution in [1.29, 1.82) is 0 Å². The Morgan fingerprint density at radius 1 is 1.30 bits per heavy atom. The van der Waals surface area contributed by atoms with Crippen LogP contribution >= 0.6 is 24.8 Å². The Balaban J connectivity index is 0.00000160. The molecule has 2 N–H and O–H groups in total. The maximum Gasteiger partial charge on any atom is 0.237 e. The third kappa shape index (κ3) is 5.63. The number of fused-ring (bicyclic) bond motifs is 1. The van der Waals surface area contributed by atoms with Crippen LogP contribution < -0.4 is 10.6 Å². The molecule has 6 nitrogen and oxygen atoms in total. The largest absolute Gasteiger partial charge is 0.354 e. The second-order valence-electron chi connectivity index (χ2n) is 8.04. The standard InChI is InChI=1S/C21H30FN5O.2ClH/c1-2-27-19-8-7-16(22)11-18(19)25-20(27)14-26-10-4-5-15(13-26)12-24-21(28)17-6-3-9-23-17;;/h7-8,11,15,17,23H,2-6,9-10,12-14H2,1H3,(H,24,28);2*1H. The second-order valence-corrected chi connectivity index (χ2v) is 8.04. The molecule has 1 amide bonds. The number of hydrogen-bond acceptors (Lipinski definition) is 4. The van der Waals surface area contributed by atoms with E-state index < -0.39 is 0 Å². The van der Waals surface area contributed by atoms with Crippen LogP contribution in [0.5, 0.6) is 0 Å². The van der Waals surface area contributed by atoms with Gasteiger partial charge in [-0.05, 0) is 63.7 Å². The Hall–Kier alpha value is -1.41. The minimum absolute atomic E-state index is 0. The number of piperidine rings is 1. The Morgan fingerprint density at radius 2 is 2.13 bits per heavy atom. The minimum atomic E-state index is -0.245. The summed E-state index contributed by atoms with van der Waals surface area (Å²) < 4.78 is 15.7. The lowest BCUT2D eigenvalue weighted by molar-refractivity contribution is -0.123. The molecule has 0 saturated carbocycles. The molecule has 2 aromatic rings. The van der Waals surface area contributed by atoms with Gasteiger partial charge in [-0.2, -0.15) is 0 Å². The van der Waals surface area contributed by atoms with E-state index in [4.69, 9.17) is 4.98 Å². The van der Waals surface area contributed by atoms with E-state index in [0.29, 0.717) is 5.92 Å². The number of amides is 1. The van der Waals surface area contributed by atoms with Crippen LogP contribution in [0.15, 0.2) is 18.2 Å². The van der Waals surface area contributed by atoms with E-state index in [1.165, 1.54) is 12.1 Å². The van der Waals surface area contributed by atoms with Gasteiger partial charge in [0.1, 0.15) is 11.6 Å². The van der Waals surface area contributed by atoms with Gasteiger partial charge < -0.3 is 15.2 Å². The van der Waals surface area contributed by atoms with E-state index in [2.05, 4.69) is 27.0 Å². The number of likely N-dealkylation sites (tertiary alicyclic amines) is 1. The molecule has 0 spiro atoms. The van der Waals surface area contributed by atoms with Crippen LogP contribution in [0.1, 0.15) is 38.4 Å². The van der Waals surface area contributed by atoms with Crippen molar-refractivity contribution < 1.29 is 9.18 Å². The summed E-state index contributed by atoms with van der Waals surface area (Å²) in [6, 6.07) is 4.82. The summed E-state index contributed by atoms with van der Waals surface area (Å²) in [6.07, 6.45) is 4.29. The summed E-state index contributed by atoms with van der Waals surface area (Å²) in [7, 11) is 0. The lowest BCUT2D eigenvalue weighted by Gasteiger charge is -2.32. The fraction of sp³-hybridized carbons (Fsp3) is 0.619. The third-order valence-corrected chi connectivity index (χ3v) is 6.02. The maximum absolute atomic E-state index is 13.6. The fourth-order valence-electron chi connectivity index (χ4n) is 4.56. The zero-order valence-corrected chi connectivity index (χ0v) is 19.0. The predicted molar refractivity (Wildman–Crippen MR) is 122 cm³/mol. The third-order valence-electron chi connectivity index (χ3n) is 6.02. The smallest absolute Gasteiger partial charge is 0.237 e. The van der Waals surface area contributed by atoms with E-state index >= 15 is 0 Å². The van der Waals surface area contributed by atoms with E-state index in [0.717, 1.165) is 81.8 Å². The highest BCUT2D eigenvalue weighted by molar-refractivity contribution is 5.85. The molecule has 1 aromatic carbocycles. The molecule has 3 heterocycles. The number of nitrogens with one attached hydrogen (secondary N) is 2. The first-order valence-electron chi connectivity index (χ1n) is 10.5. The summed E-state index contributed by atoms with van der Waals surface area (Å²) in [5, 5.41) is 6.39. The quantitative estimate of drug-likeness (QED) is 0.696. The Morgan fingerprint density at radius 3 is 2.87 bits per heavy atom. The van der Waals surface area contributed by atoms with Crippen molar-refractivity contribution in [2.24, 2.45) is 5.92 Å². The summed E-state index contributed by atoms with van der Waals surface area (Å²) >= 11 is 0. The van der Waals surface area contributed by atoms with Crippen molar-refractivity contribution in [3.8, 4) is 0 Å². The van der Waals surface area contributed by atoms with E-state index in [-0.39, 0.29) is 42.6 Å². The molecule has 4 rings (SSSR count). The Bertz CT molecular complexity index is 840. The van der Waals surface area contributed by atoms with Gasteiger partial charge in [0.15, 0.2) is 0 Å². The molecule has 2 fully saturated rings. The van der Waals surface area contributed by atoms with Crippen LogP contribution in [-0.2, 0) is 17.9 Å². The molecule has 0 bridgehead atoms. The molecule has 2 aliphatic heterocycles. The molecular weight excluding hydrogens is 428 g/mol. The molecule has 2 unspecified atom stereocenters. The van der Waals surface area contributed by atoms with Crippen molar-refractivity contribution in [3.63, 3.8) is 0 Å². The van der Waals surface area contributed by atoms with E-state index in [1.54, 1.807) is 0 Å². The van der Waals surface area contributed by atoms with Crippen LogP contribution in [0.25, 0.3) is 11.0 Å². The topological polar surface area (TPSA) is 62.2 Å². The van der Waals surface area contributed by atoms with Gasteiger partial charge >= 0.3 is 0 Å². The molecule has 168 valence electrons. The average molecular weight is 460 g/mol. The average Bonchev–Trinajstić information content (AvgIpc) is 3.33. The molecule has 0 radical (unpaired) electrons. The zero-order chi connectivity index (χ0) is 19.5. The highest BCUT2D eigenvalue weighted by Gasteiger charge is 2.25. The number of imidazole rings is 1. The van der Waals surface area contributed by atoms with Crippen LogP contribution in [-0.4, -0.2) is 52.6 Å². The van der Waals surface area contributed by atoms with Gasteiger partial charge in [0.25, 0.3) is 0 Å². The summed E-state index contributed by atoms with van der Waals surface area (Å²) in [6.45, 7) is 7.35. The van der Waals surface area contributed by atoms with Crippen LogP contribution in [0.3, 0.4) is 0 Å². The van der Waals surface area contributed by atoms with Crippen LogP contribution in [0.4, 0.5) is 4.39 Å². The van der Waals surface area contributed by atoms with Crippen LogP contribution in [0.2, 0.25) is 0 Å². The first kappa shape index (κ1) is 24.9. The lowest BCUT2D eigenvalue weighted by Crippen LogP contribution is -2.45. The molecule has 30 heavy (non-hydrogen) atoms. The molecule has 2 saturated heterocycles. The van der Waals surface area contributed by atoms with Gasteiger partial charge in [-0.1, -0.05) is 0 Å². The first-order valence-corrected chi connectivity index (χ1v) is 10.5. The molecule has 2 aliphatic rings. The molecule has 2 atom stereocenters. The van der Waals surface area contributed by atoms with Crippen LogP contribution in [0, 0.1) is 11.7 Å². The van der Waals surface area contributed by atoms with Gasteiger partial charge in [0.05, 0.1) is 23.6 Å². The summed E-state index contributed by atoms with van der Waals surface area (Å²) in [5.74, 6) is 1.36. The van der Waals surface area contributed by atoms with Crippen molar-refractivity contribution in [3.05, 3.63) is 29.8 Å². The van der Waals surface area contributed by atoms with Crippen molar-refractivity contribution in [2.45, 2.75) is 51.7 Å². The van der Waals surface area contributed by atoms with Gasteiger partial charge in [-0.25, -0.2) is 9.37 Å². The van der Waals surface area contributed by atoms with Gasteiger partial charge in [-0.3, -0.25) is 9.69 Å². The highest BCUT2D eigenvalue weighted by atomic mass is 35.5.